The highest BCUT2D eigenvalue weighted by Gasteiger charge is 2.25. The predicted octanol–water partition coefficient (Wildman–Crippen LogP) is 1.81. The average Bonchev–Trinajstić information content (AvgIpc) is 2.93. The molecule has 1 aliphatic heterocycles. The Labute approximate surface area is 142 Å². The Hall–Kier alpha value is -2.08. The second-order valence-electron chi connectivity index (χ2n) is 6.12. The Balaban J connectivity index is 1.81. The molecule has 1 aromatic rings. The first-order valence-corrected chi connectivity index (χ1v) is 8.43. The van der Waals surface area contributed by atoms with Crippen molar-refractivity contribution >= 4 is 11.7 Å². The van der Waals surface area contributed by atoms with Crippen LogP contribution in [0.3, 0.4) is 0 Å². The van der Waals surface area contributed by atoms with Gasteiger partial charge in [-0.3, -0.25) is 4.79 Å². The van der Waals surface area contributed by atoms with Gasteiger partial charge in [0.15, 0.2) is 11.5 Å². The van der Waals surface area contributed by atoms with Crippen molar-refractivity contribution in [3.05, 3.63) is 23.8 Å². The molecule has 1 aliphatic rings. The fraction of sp³-hybridized carbons (Fsp3) is 0.556. The van der Waals surface area contributed by atoms with Crippen LogP contribution in [0.4, 0.5) is 0 Å². The number of hydrogen-bond acceptors (Lipinski definition) is 5. The number of carbonyl (C=O) groups excluding carboxylic acids is 2. The van der Waals surface area contributed by atoms with E-state index in [4.69, 9.17) is 9.47 Å². The fourth-order valence-electron chi connectivity index (χ4n) is 2.61. The first kappa shape index (κ1) is 18.3. The summed E-state index contributed by atoms with van der Waals surface area (Å²) in [6, 6.07) is 6.32. The van der Waals surface area contributed by atoms with E-state index in [0.717, 1.165) is 13.0 Å². The van der Waals surface area contributed by atoms with Crippen molar-refractivity contribution in [1.29, 1.82) is 0 Å². The first-order chi connectivity index (χ1) is 11.5. The van der Waals surface area contributed by atoms with Gasteiger partial charge in [-0.1, -0.05) is 13.0 Å². The van der Waals surface area contributed by atoms with E-state index in [1.807, 2.05) is 18.2 Å². The molecule has 6 heteroatoms. The van der Waals surface area contributed by atoms with E-state index in [0.29, 0.717) is 17.5 Å². The Morgan fingerprint density at radius 1 is 1.21 bits per heavy atom. The maximum atomic E-state index is 11.6. The van der Waals surface area contributed by atoms with Crippen LogP contribution in [-0.4, -0.2) is 37.1 Å². The molecule has 6 nitrogen and oxygen atoms in total. The summed E-state index contributed by atoms with van der Waals surface area (Å²) in [5.41, 5.74) is 1.18. The zero-order valence-electron chi connectivity index (χ0n) is 14.6. The zero-order valence-corrected chi connectivity index (χ0v) is 14.6. The van der Waals surface area contributed by atoms with Crippen LogP contribution in [0.25, 0.3) is 0 Å². The van der Waals surface area contributed by atoms with E-state index in [9.17, 15) is 9.59 Å². The van der Waals surface area contributed by atoms with E-state index >= 15 is 0 Å². The van der Waals surface area contributed by atoms with Gasteiger partial charge >= 0.3 is 0 Å². The van der Waals surface area contributed by atoms with Gasteiger partial charge in [-0.25, -0.2) is 0 Å². The lowest BCUT2D eigenvalue weighted by molar-refractivity contribution is -0.125. The van der Waals surface area contributed by atoms with Crippen LogP contribution in [0.15, 0.2) is 18.2 Å². The smallest absolute Gasteiger partial charge is 0.258 e. The maximum absolute atomic E-state index is 11.6. The van der Waals surface area contributed by atoms with Crippen LogP contribution in [0.2, 0.25) is 0 Å². The minimum absolute atomic E-state index is 0.00485. The molecule has 0 fully saturated rings. The molecule has 0 aromatic heterocycles. The summed E-state index contributed by atoms with van der Waals surface area (Å²) in [4.78, 5) is 22.5. The number of fused-ring (bicyclic) bond motifs is 1. The SMILES string of the molecule is CCNC(C)Cc1ccc2c(c1)OC(CNC(=O)CCC(C)=O)O2. The number of ether oxygens (including phenoxy) is 2. The van der Waals surface area contributed by atoms with Crippen molar-refractivity contribution in [2.45, 2.75) is 52.4 Å². The van der Waals surface area contributed by atoms with Crippen LogP contribution in [0.1, 0.15) is 39.2 Å². The molecule has 0 spiro atoms. The third-order valence-electron chi connectivity index (χ3n) is 3.79. The molecule has 0 saturated heterocycles. The van der Waals surface area contributed by atoms with Gasteiger partial charge in [0, 0.05) is 18.9 Å². The molecule has 24 heavy (non-hydrogen) atoms. The fourth-order valence-corrected chi connectivity index (χ4v) is 2.61. The van der Waals surface area contributed by atoms with Crippen LogP contribution >= 0.6 is 0 Å². The number of nitrogens with one attached hydrogen (secondary N) is 2. The number of rotatable bonds is 9. The van der Waals surface area contributed by atoms with Gasteiger partial charge in [0.25, 0.3) is 6.29 Å². The van der Waals surface area contributed by atoms with E-state index in [2.05, 4.69) is 24.5 Å². The second-order valence-corrected chi connectivity index (χ2v) is 6.12. The van der Waals surface area contributed by atoms with Gasteiger partial charge in [0.1, 0.15) is 5.78 Å². The monoisotopic (exact) mass is 334 g/mol. The molecule has 2 rings (SSSR count). The standard InChI is InChI=1S/C18H26N2O4/c1-4-19-12(2)9-14-6-7-15-16(10-14)24-18(23-15)11-20-17(22)8-5-13(3)21/h6-7,10,12,18-19H,4-5,8-9,11H2,1-3H3,(H,20,22). The summed E-state index contributed by atoms with van der Waals surface area (Å²) in [6.45, 7) is 6.91. The van der Waals surface area contributed by atoms with Crippen LogP contribution in [0.5, 0.6) is 11.5 Å². The van der Waals surface area contributed by atoms with Gasteiger partial charge in [0.05, 0.1) is 6.54 Å². The first-order valence-electron chi connectivity index (χ1n) is 8.43. The molecule has 0 saturated carbocycles. The molecule has 1 amide bonds. The van der Waals surface area contributed by atoms with Crippen molar-refractivity contribution in [1.82, 2.24) is 10.6 Å². The minimum atomic E-state index is -0.525. The molecular formula is C18H26N2O4. The zero-order chi connectivity index (χ0) is 17.5. The Bertz CT molecular complexity index is 588. The van der Waals surface area contributed by atoms with Gasteiger partial charge < -0.3 is 24.9 Å². The molecule has 2 N–H and O–H groups in total. The topological polar surface area (TPSA) is 76.7 Å². The maximum Gasteiger partial charge on any atom is 0.258 e. The summed E-state index contributed by atoms with van der Waals surface area (Å²) < 4.78 is 11.4. The lowest BCUT2D eigenvalue weighted by Gasteiger charge is -2.12. The number of Topliss-reactive ketones (excluding diaryl/α,β-unsaturated/α-hetero) is 1. The molecule has 132 valence electrons. The number of ketones is 1. The van der Waals surface area contributed by atoms with Crippen molar-refractivity contribution in [3.8, 4) is 11.5 Å². The normalized spacial score (nSPS) is 16.7. The summed E-state index contributed by atoms with van der Waals surface area (Å²) in [6.07, 6.45) is 0.840. The molecule has 1 aromatic carbocycles. The molecule has 0 aliphatic carbocycles. The molecule has 1 heterocycles. The number of amides is 1. The highest BCUT2D eigenvalue weighted by Crippen LogP contribution is 2.35. The van der Waals surface area contributed by atoms with E-state index in [1.165, 1.54) is 12.5 Å². The summed E-state index contributed by atoms with van der Waals surface area (Å²) in [5, 5.41) is 6.11. The van der Waals surface area contributed by atoms with Gasteiger partial charge in [-0.15, -0.1) is 0 Å². The number of carbonyl (C=O) groups is 2. The van der Waals surface area contributed by atoms with Crippen LogP contribution < -0.4 is 20.1 Å². The summed E-state index contributed by atoms with van der Waals surface area (Å²) in [5.74, 6) is 1.23. The summed E-state index contributed by atoms with van der Waals surface area (Å²) in [7, 11) is 0. The number of hydrogen-bond donors (Lipinski definition) is 2. The van der Waals surface area contributed by atoms with E-state index < -0.39 is 6.29 Å². The summed E-state index contributed by atoms with van der Waals surface area (Å²) >= 11 is 0. The Morgan fingerprint density at radius 2 is 1.96 bits per heavy atom. The Kier molecular flexibility index (Phi) is 6.61. The predicted molar refractivity (Wildman–Crippen MR) is 91.3 cm³/mol. The number of benzene rings is 1. The molecule has 0 bridgehead atoms. The second kappa shape index (κ2) is 8.68. The van der Waals surface area contributed by atoms with Crippen molar-refractivity contribution < 1.29 is 19.1 Å². The van der Waals surface area contributed by atoms with Crippen molar-refractivity contribution in [2.75, 3.05) is 13.1 Å². The third-order valence-corrected chi connectivity index (χ3v) is 3.79. The van der Waals surface area contributed by atoms with Crippen molar-refractivity contribution in [2.24, 2.45) is 0 Å². The molecular weight excluding hydrogens is 308 g/mol. The van der Waals surface area contributed by atoms with Crippen LogP contribution in [-0.2, 0) is 16.0 Å². The van der Waals surface area contributed by atoms with Gasteiger partial charge in [-0.05, 0) is 44.5 Å². The molecule has 2 unspecified atom stereocenters. The third kappa shape index (κ3) is 5.53. The Morgan fingerprint density at radius 3 is 2.67 bits per heavy atom. The quantitative estimate of drug-likeness (QED) is 0.720. The highest BCUT2D eigenvalue weighted by atomic mass is 16.7. The van der Waals surface area contributed by atoms with Crippen LogP contribution in [0, 0.1) is 0 Å². The molecule has 0 radical (unpaired) electrons. The largest absolute Gasteiger partial charge is 0.449 e. The highest BCUT2D eigenvalue weighted by molar-refractivity contribution is 5.83. The van der Waals surface area contributed by atoms with E-state index in [1.54, 1.807) is 0 Å². The lowest BCUT2D eigenvalue weighted by atomic mass is 10.1. The van der Waals surface area contributed by atoms with Crippen molar-refractivity contribution in [3.63, 3.8) is 0 Å². The van der Waals surface area contributed by atoms with E-state index in [-0.39, 0.29) is 31.1 Å². The number of likely N-dealkylation sites (N-methyl/N-ethyl adjacent to an activating group) is 1. The lowest BCUT2D eigenvalue weighted by Crippen LogP contribution is -2.36. The average molecular weight is 334 g/mol. The van der Waals surface area contributed by atoms with Gasteiger partial charge in [-0.2, -0.15) is 0 Å². The minimum Gasteiger partial charge on any atom is -0.449 e. The molecule has 2 atom stereocenters. The van der Waals surface area contributed by atoms with Gasteiger partial charge in [0.2, 0.25) is 5.91 Å².